The van der Waals surface area contributed by atoms with Crippen LogP contribution in [-0.2, 0) is 13.6 Å². The molecule has 2 rings (SSSR count). The van der Waals surface area contributed by atoms with Crippen LogP contribution in [0.5, 0.6) is 0 Å². The van der Waals surface area contributed by atoms with Gasteiger partial charge >= 0.3 is 0 Å². The molecule has 0 radical (unpaired) electrons. The lowest BCUT2D eigenvalue weighted by Crippen LogP contribution is -2.22. The van der Waals surface area contributed by atoms with Gasteiger partial charge in [-0.05, 0) is 31.2 Å². The van der Waals surface area contributed by atoms with Gasteiger partial charge in [-0.3, -0.25) is 9.48 Å². The van der Waals surface area contributed by atoms with Crippen molar-refractivity contribution in [2.45, 2.75) is 18.4 Å². The summed E-state index contributed by atoms with van der Waals surface area (Å²) in [5.74, 6) is -0.0911. The number of carbonyl (C=O) groups is 1. The van der Waals surface area contributed by atoms with Crippen LogP contribution in [0.15, 0.2) is 35.4 Å². The third-order valence-electron chi connectivity index (χ3n) is 2.68. The number of nitrogens with zero attached hydrogens (tertiary/aromatic N) is 2. The van der Waals surface area contributed by atoms with Gasteiger partial charge in [0.2, 0.25) is 0 Å². The van der Waals surface area contributed by atoms with E-state index in [4.69, 9.17) is 0 Å². The van der Waals surface area contributed by atoms with E-state index in [-0.39, 0.29) is 5.91 Å². The first-order chi connectivity index (χ1) is 8.56. The number of amides is 1. The van der Waals surface area contributed by atoms with Crippen molar-refractivity contribution in [3.8, 4) is 0 Å². The molecule has 0 atom stereocenters. The Balaban J connectivity index is 2.00. The SMILES string of the molecule is Cc1nn(C)cc1CNC(=O)c1ccc(S)cc1. The Kier molecular flexibility index (Phi) is 3.72. The molecule has 0 unspecified atom stereocenters. The molecular weight excluding hydrogens is 246 g/mol. The summed E-state index contributed by atoms with van der Waals surface area (Å²) in [5.41, 5.74) is 2.59. The largest absolute Gasteiger partial charge is 0.348 e. The molecule has 4 nitrogen and oxygen atoms in total. The summed E-state index contributed by atoms with van der Waals surface area (Å²) in [4.78, 5) is 12.7. The Morgan fingerprint density at radius 2 is 2.06 bits per heavy atom. The quantitative estimate of drug-likeness (QED) is 0.830. The van der Waals surface area contributed by atoms with Crippen LogP contribution in [0.4, 0.5) is 0 Å². The van der Waals surface area contributed by atoms with Crippen molar-refractivity contribution in [1.29, 1.82) is 0 Å². The molecule has 0 saturated heterocycles. The van der Waals surface area contributed by atoms with E-state index in [1.54, 1.807) is 28.9 Å². The highest BCUT2D eigenvalue weighted by Crippen LogP contribution is 2.08. The Hall–Kier alpha value is -1.75. The first-order valence-corrected chi connectivity index (χ1v) is 6.07. The Bertz CT molecular complexity index is 560. The maximum Gasteiger partial charge on any atom is 0.251 e. The minimum atomic E-state index is -0.0911. The van der Waals surface area contributed by atoms with Gasteiger partial charge in [0.1, 0.15) is 0 Å². The van der Waals surface area contributed by atoms with Gasteiger partial charge in [-0.25, -0.2) is 0 Å². The second-order valence-corrected chi connectivity index (χ2v) is 4.66. The highest BCUT2D eigenvalue weighted by atomic mass is 32.1. The summed E-state index contributed by atoms with van der Waals surface area (Å²) in [6.45, 7) is 2.41. The highest BCUT2D eigenvalue weighted by molar-refractivity contribution is 7.80. The Labute approximate surface area is 111 Å². The number of nitrogens with one attached hydrogen (secondary N) is 1. The van der Waals surface area contributed by atoms with Crippen LogP contribution in [0.2, 0.25) is 0 Å². The number of aromatic nitrogens is 2. The lowest BCUT2D eigenvalue weighted by Gasteiger charge is -2.04. The molecule has 5 heteroatoms. The average molecular weight is 261 g/mol. The molecule has 0 aliphatic rings. The molecule has 1 N–H and O–H groups in total. The minimum Gasteiger partial charge on any atom is -0.348 e. The third kappa shape index (κ3) is 2.92. The van der Waals surface area contributed by atoms with Crippen LogP contribution < -0.4 is 5.32 Å². The van der Waals surface area contributed by atoms with Crippen LogP contribution >= 0.6 is 12.6 Å². The first-order valence-electron chi connectivity index (χ1n) is 5.62. The maximum absolute atomic E-state index is 11.9. The maximum atomic E-state index is 11.9. The average Bonchev–Trinajstić information content (AvgIpc) is 2.66. The van der Waals surface area contributed by atoms with Gasteiger partial charge in [-0.2, -0.15) is 5.10 Å². The summed E-state index contributed by atoms with van der Waals surface area (Å²) in [6, 6.07) is 7.11. The molecular formula is C13H15N3OS. The van der Waals surface area contributed by atoms with Crippen molar-refractivity contribution in [3.63, 3.8) is 0 Å². The van der Waals surface area contributed by atoms with E-state index in [1.807, 2.05) is 20.2 Å². The normalized spacial score (nSPS) is 10.4. The molecule has 0 aliphatic heterocycles. The molecule has 0 aliphatic carbocycles. The fraction of sp³-hybridized carbons (Fsp3) is 0.231. The van der Waals surface area contributed by atoms with Crippen LogP contribution in [0, 0.1) is 6.92 Å². The predicted octanol–water partition coefficient (Wildman–Crippen LogP) is 1.95. The van der Waals surface area contributed by atoms with E-state index in [0.717, 1.165) is 16.2 Å². The zero-order valence-corrected chi connectivity index (χ0v) is 11.2. The molecule has 0 saturated carbocycles. The summed E-state index contributed by atoms with van der Waals surface area (Å²) in [5, 5.41) is 7.10. The van der Waals surface area contributed by atoms with Crippen molar-refractivity contribution in [1.82, 2.24) is 15.1 Å². The molecule has 1 heterocycles. The molecule has 2 aromatic rings. The second kappa shape index (κ2) is 5.27. The number of benzene rings is 1. The number of rotatable bonds is 3. The van der Waals surface area contributed by atoms with E-state index < -0.39 is 0 Å². The topological polar surface area (TPSA) is 46.9 Å². The molecule has 94 valence electrons. The number of carbonyl (C=O) groups excluding carboxylic acids is 1. The van der Waals surface area contributed by atoms with Gasteiger partial charge in [-0.1, -0.05) is 0 Å². The number of hydrogen-bond donors (Lipinski definition) is 2. The molecule has 1 aromatic carbocycles. The summed E-state index contributed by atoms with van der Waals surface area (Å²) >= 11 is 4.18. The van der Waals surface area contributed by atoms with Crippen LogP contribution in [-0.4, -0.2) is 15.7 Å². The summed E-state index contributed by atoms with van der Waals surface area (Å²) in [7, 11) is 1.86. The number of hydrogen-bond acceptors (Lipinski definition) is 3. The van der Waals surface area contributed by atoms with Crippen molar-refractivity contribution in [2.24, 2.45) is 7.05 Å². The fourth-order valence-electron chi connectivity index (χ4n) is 1.71. The van der Waals surface area contributed by atoms with Crippen LogP contribution in [0.25, 0.3) is 0 Å². The number of thiol groups is 1. The van der Waals surface area contributed by atoms with Crippen molar-refractivity contribution < 1.29 is 4.79 Å². The van der Waals surface area contributed by atoms with Crippen molar-refractivity contribution >= 4 is 18.5 Å². The van der Waals surface area contributed by atoms with Crippen LogP contribution in [0.1, 0.15) is 21.6 Å². The van der Waals surface area contributed by atoms with Gasteiger partial charge in [-0.15, -0.1) is 12.6 Å². The van der Waals surface area contributed by atoms with E-state index in [1.165, 1.54) is 0 Å². The first kappa shape index (κ1) is 12.7. The standard InChI is InChI=1S/C13H15N3OS/c1-9-11(8-16(2)15-9)7-14-13(17)10-3-5-12(18)6-4-10/h3-6,8,18H,7H2,1-2H3,(H,14,17). The van der Waals surface area contributed by atoms with E-state index in [2.05, 4.69) is 23.0 Å². The zero-order chi connectivity index (χ0) is 13.1. The molecule has 0 spiro atoms. The lowest BCUT2D eigenvalue weighted by atomic mass is 10.2. The highest BCUT2D eigenvalue weighted by Gasteiger charge is 2.07. The predicted molar refractivity (Wildman–Crippen MR) is 72.8 cm³/mol. The van der Waals surface area contributed by atoms with Gasteiger partial charge < -0.3 is 5.32 Å². The lowest BCUT2D eigenvalue weighted by molar-refractivity contribution is 0.0951. The van der Waals surface area contributed by atoms with Gasteiger partial charge in [0.05, 0.1) is 5.69 Å². The summed E-state index contributed by atoms with van der Waals surface area (Å²) < 4.78 is 1.74. The van der Waals surface area contributed by atoms with E-state index in [0.29, 0.717) is 12.1 Å². The number of aryl methyl sites for hydroxylation is 2. The van der Waals surface area contributed by atoms with E-state index >= 15 is 0 Å². The van der Waals surface area contributed by atoms with Gasteiger partial charge in [0.15, 0.2) is 0 Å². The molecule has 0 fully saturated rings. The third-order valence-corrected chi connectivity index (χ3v) is 2.98. The molecule has 18 heavy (non-hydrogen) atoms. The van der Waals surface area contributed by atoms with Crippen LogP contribution in [0.3, 0.4) is 0 Å². The minimum absolute atomic E-state index is 0.0911. The van der Waals surface area contributed by atoms with Crippen molar-refractivity contribution in [2.75, 3.05) is 0 Å². The molecule has 1 amide bonds. The van der Waals surface area contributed by atoms with Gasteiger partial charge in [0.25, 0.3) is 5.91 Å². The fourth-order valence-corrected chi connectivity index (χ4v) is 1.86. The smallest absolute Gasteiger partial charge is 0.251 e. The van der Waals surface area contributed by atoms with E-state index in [9.17, 15) is 4.79 Å². The monoisotopic (exact) mass is 261 g/mol. The Morgan fingerprint density at radius 1 is 1.39 bits per heavy atom. The summed E-state index contributed by atoms with van der Waals surface area (Å²) in [6.07, 6.45) is 1.91. The Morgan fingerprint density at radius 3 is 2.61 bits per heavy atom. The zero-order valence-electron chi connectivity index (χ0n) is 10.3. The molecule has 0 bridgehead atoms. The van der Waals surface area contributed by atoms with Gasteiger partial charge in [0, 0.05) is 35.8 Å². The second-order valence-electron chi connectivity index (χ2n) is 4.14. The van der Waals surface area contributed by atoms with Crippen molar-refractivity contribution in [3.05, 3.63) is 47.3 Å². The molecule has 1 aromatic heterocycles.